The van der Waals surface area contributed by atoms with Crippen LogP contribution in [0.3, 0.4) is 0 Å². The van der Waals surface area contributed by atoms with E-state index < -0.39 is 19.3 Å². The first-order valence-corrected chi connectivity index (χ1v) is 3.92. The summed E-state index contributed by atoms with van der Waals surface area (Å²) >= 11 is 1.73. The molecule has 0 aliphatic heterocycles. The van der Waals surface area contributed by atoms with E-state index in [0.717, 1.165) is 0 Å². The van der Waals surface area contributed by atoms with Crippen LogP contribution in [0.15, 0.2) is 0 Å². The molecule has 0 amide bonds. The maximum Gasteiger partial charge on any atom is 1.00 e. The van der Waals surface area contributed by atoms with Crippen LogP contribution in [-0.4, -0.2) is 39.0 Å². The number of hydrogen-bond donors (Lipinski definition) is 3. The first kappa shape index (κ1) is 19.2. The van der Waals surface area contributed by atoms with Crippen LogP contribution in [0.5, 0.6) is 0 Å². The van der Waals surface area contributed by atoms with E-state index >= 15 is 0 Å². The van der Waals surface area contributed by atoms with Crippen molar-refractivity contribution in [2.45, 2.75) is 0 Å². The third-order valence-corrected chi connectivity index (χ3v) is 0.672. The van der Waals surface area contributed by atoms with Gasteiger partial charge >= 0.3 is 48.8 Å². The van der Waals surface area contributed by atoms with Crippen LogP contribution in [0.4, 0.5) is 0 Å². The Morgan fingerprint density at radius 2 is 1.77 bits per heavy atom. The zero-order valence-corrected chi connectivity index (χ0v) is 10.8. The SMILES string of the molecule is O=C(O)C(=O)OCI.[Na+].[O-]B(O)O. The van der Waals surface area contributed by atoms with Crippen LogP contribution in [-0.2, 0) is 14.3 Å². The average molecular weight is 314 g/mol. The van der Waals surface area contributed by atoms with Gasteiger partial charge in [0.2, 0.25) is 0 Å². The fourth-order valence-corrected chi connectivity index (χ4v) is 0.394. The minimum absolute atomic E-state index is 0. The number of hydrogen-bond acceptors (Lipinski definition) is 6. The summed E-state index contributed by atoms with van der Waals surface area (Å²) < 4.78 is 4.12. The summed E-state index contributed by atoms with van der Waals surface area (Å²) in [7, 11) is -2.42. The summed E-state index contributed by atoms with van der Waals surface area (Å²) in [6.45, 7) is 0. The van der Waals surface area contributed by atoms with Crippen LogP contribution in [0.2, 0.25) is 0 Å². The van der Waals surface area contributed by atoms with Gasteiger partial charge in [0, 0.05) is 0 Å². The van der Waals surface area contributed by atoms with Gasteiger partial charge in [-0.25, -0.2) is 9.59 Å². The Labute approximate surface area is 110 Å². The summed E-state index contributed by atoms with van der Waals surface area (Å²) in [5, 5.41) is 30.6. The quantitative estimate of drug-likeness (QED) is 0.145. The van der Waals surface area contributed by atoms with E-state index in [2.05, 4.69) is 4.74 Å². The molecule has 0 aromatic carbocycles. The molecule has 13 heavy (non-hydrogen) atoms. The zero-order valence-electron chi connectivity index (χ0n) is 6.64. The molecule has 0 bridgehead atoms. The van der Waals surface area contributed by atoms with Crippen LogP contribution in [0, 0.1) is 0 Å². The smallest absolute Gasteiger partial charge is 0.832 e. The summed E-state index contributed by atoms with van der Waals surface area (Å²) in [5.41, 5.74) is 0. The molecule has 0 spiro atoms. The number of rotatable bonds is 1. The van der Waals surface area contributed by atoms with Crippen LogP contribution in [0.25, 0.3) is 0 Å². The molecule has 0 radical (unpaired) electrons. The van der Waals surface area contributed by atoms with Crippen LogP contribution < -0.4 is 34.6 Å². The molecule has 0 atom stereocenters. The van der Waals surface area contributed by atoms with Crippen LogP contribution >= 0.6 is 22.6 Å². The molecular formula is C3H5BINaO7. The van der Waals surface area contributed by atoms with Gasteiger partial charge in [0.05, 0.1) is 0 Å². The van der Waals surface area contributed by atoms with Gasteiger partial charge in [-0.1, -0.05) is 0 Å². The van der Waals surface area contributed by atoms with Crippen molar-refractivity contribution in [3.63, 3.8) is 0 Å². The van der Waals surface area contributed by atoms with Crippen LogP contribution in [0.1, 0.15) is 0 Å². The molecule has 0 fully saturated rings. The number of carboxylic acids is 1. The predicted octanol–water partition coefficient (Wildman–Crippen LogP) is -5.67. The molecule has 10 heteroatoms. The Morgan fingerprint density at radius 3 is 1.85 bits per heavy atom. The largest absolute Gasteiger partial charge is 1.00 e. The Morgan fingerprint density at radius 1 is 1.46 bits per heavy atom. The Bertz CT molecular complexity index is 150. The minimum atomic E-state index is -2.42. The monoisotopic (exact) mass is 314 g/mol. The Balaban J connectivity index is -0.000000173. The maximum absolute atomic E-state index is 9.92. The number of esters is 1. The van der Waals surface area contributed by atoms with Gasteiger partial charge in [0.25, 0.3) is 0 Å². The maximum atomic E-state index is 9.92. The molecule has 3 N–H and O–H groups in total. The number of halogens is 1. The number of carboxylic acid groups (broad SMARTS) is 1. The Hall–Kier alpha value is 0.615. The molecule has 0 aliphatic carbocycles. The van der Waals surface area contributed by atoms with Gasteiger partial charge in [0.15, 0.2) is 0 Å². The molecule has 0 heterocycles. The molecule has 0 aromatic rings. The molecule has 7 nitrogen and oxygen atoms in total. The number of ether oxygens (including phenoxy) is 1. The van der Waals surface area contributed by atoms with E-state index in [1.54, 1.807) is 22.6 Å². The van der Waals surface area contributed by atoms with Gasteiger partial charge in [-0.3, -0.25) is 0 Å². The number of carbonyl (C=O) groups is 2. The fourth-order valence-electron chi connectivity index (χ4n) is 0.111. The summed E-state index contributed by atoms with van der Waals surface area (Å²) in [6.07, 6.45) is 0. The predicted molar refractivity (Wildman–Crippen MR) is 42.8 cm³/mol. The van der Waals surface area contributed by atoms with Crippen molar-refractivity contribution in [2.75, 3.05) is 4.61 Å². The van der Waals surface area contributed by atoms with E-state index in [-0.39, 0.29) is 34.2 Å². The molecule has 0 unspecified atom stereocenters. The third-order valence-electron chi connectivity index (χ3n) is 0.360. The van der Waals surface area contributed by atoms with Crippen molar-refractivity contribution < 1.29 is 64.1 Å². The number of carbonyl (C=O) groups excluding carboxylic acids is 1. The second kappa shape index (κ2) is 12.6. The van der Waals surface area contributed by atoms with E-state index in [0.29, 0.717) is 0 Å². The summed E-state index contributed by atoms with van der Waals surface area (Å²) in [5.74, 6) is -2.76. The second-order valence-corrected chi connectivity index (χ2v) is 1.80. The fraction of sp³-hybridized carbons (Fsp3) is 0.333. The number of aliphatic carboxylic acids is 1. The zero-order chi connectivity index (χ0) is 10.1. The van der Waals surface area contributed by atoms with Crippen molar-refractivity contribution in [1.29, 1.82) is 0 Å². The van der Waals surface area contributed by atoms with Gasteiger partial charge in [-0.2, -0.15) is 0 Å². The normalized spacial score (nSPS) is 7.08. The van der Waals surface area contributed by atoms with Crippen molar-refractivity contribution in [3.05, 3.63) is 0 Å². The molecule has 70 valence electrons. The van der Waals surface area contributed by atoms with E-state index in [4.69, 9.17) is 20.2 Å². The van der Waals surface area contributed by atoms with Crippen molar-refractivity contribution >= 4 is 41.9 Å². The number of alkyl halides is 1. The molecule has 0 aromatic heterocycles. The van der Waals surface area contributed by atoms with Gasteiger partial charge in [0.1, 0.15) is 4.61 Å². The molecule has 0 saturated heterocycles. The van der Waals surface area contributed by atoms with Gasteiger partial charge in [-0.05, 0) is 22.6 Å². The first-order chi connectivity index (χ1) is 5.41. The standard InChI is InChI=1S/C3H3IO4.BH2O3.Na/c4-1-8-3(7)2(5)6;2-1(3)4;/h1H2,(H,5,6);2-3H;/q;-1;+1. The third kappa shape index (κ3) is 24.5. The van der Waals surface area contributed by atoms with Gasteiger partial charge < -0.3 is 24.9 Å². The molecule has 0 saturated carbocycles. The van der Waals surface area contributed by atoms with E-state index in [1.165, 1.54) is 0 Å². The first-order valence-electron chi connectivity index (χ1n) is 2.39. The summed E-state index contributed by atoms with van der Waals surface area (Å²) in [4.78, 5) is 19.5. The Kier molecular flexibility index (Phi) is 18.7. The van der Waals surface area contributed by atoms with E-state index in [1.807, 2.05) is 0 Å². The second-order valence-electron chi connectivity index (χ2n) is 1.17. The average Bonchev–Trinajstić information content (AvgIpc) is 1.86. The molecule has 0 aliphatic rings. The molecule has 0 rings (SSSR count). The minimum Gasteiger partial charge on any atom is -0.832 e. The van der Waals surface area contributed by atoms with Crippen molar-refractivity contribution in [3.8, 4) is 0 Å². The summed E-state index contributed by atoms with van der Waals surface area (Å²) in [6, 6.07) is 0. The van der Waals surface area contributed by atoms with Crippen molar-refractivity contribution in [2.24, 2.45) is 0 Å². The topological polar surface area (TPSA) is 127 Å². The van der Waals surface area contributed by atoms with Gasteiger partial charge in [-0.15, -0.1) is 0 Å². The van der Waals surface area contributed by atoms with E-state index in [9.17, 15) is 9.59 Å². The van der Waals surface area contributed by atoms with Crippen molar-refractivity contribution in [1.82, 2.24) is 0 Å². The molecular weight excluding hydrogens is 309 g/mol.